The number of fused-ring (bicyclic) bond motifs is 2. The first-order valence-electron chi connectivity index (χ1n) is 11.7. The van der Waals surface area contributed by atoms with E-state index in [0.717, 1.165) is 28.2 Å². The van der Waals surface area contributed by atoms with Gasteiger partial charge in [0.25, 0.3) is 5.91 Å². The third-order valence-electron chi connectivity index (χ3n) is 6.88. The number of carbonyl (C=O) groups excluding carboxylic acids is 3. The lowest BCUT2D eigenvalue weighted by Crippen LogP contribution is -2.41. The number of hydrogen-bond acceptors (Lipinski definition) is 6. The van der Waals surface area contributed by atoms with Gasteiger partial charge in [-0.1, -0.05) is 42.5 Å². The van der Waals surface area contributed by atoms with Crippen molar-refractivity contribution in [2.45, 2.75) is 25.4 Å². The number of benzene rings is 3. The van der Waals surface area contributed by atoms with Crippen molar-refractivity contribution in [1.29, 1.82) is 0 Å². The topological polar surface area (TPSA) is 105 Å². The van der Waals surface area contributed by atoms with Crippen molar-refractivity contribution in [2.24, 2.45) is 5.92 Å². The standard InChI is InChI=1S/C27H26N2O6/c30-15-23-21-4-2-1-3-17(21)7-8-22(23)24-16-35-25-13-19(26(31)28-33)5-6-20(25)14-29(24)27(32)18-9-11-34-12-10-18/h1-8,13,15,18,24,33H,9-12,14,16H2,(H,28,31)/t24-/m1/s1. The second-order valence-corrected chi connectivity index (χ2v) is 8.85. The van der Waals surface area contributed by atoms with Gasteiger partial charge in [0.1, 0.15) is 12.4 Å². The largest absolute Gasteiger partial charge is 0.491 e. The number of ether oxygens (including phenoxy) is 2. The molecular formula is C27H26N2O6. The van der Waals surface area contributed by atoms with E-state index < -0.39 is 11.9 Å². The quantitative estimate of drug-likeness (QED) is 0.340. The molecule has 0 spiro atoms. The summed E-state index contributed by atoms with van der Waals surface area (Å²) in [4.78, 5) is 39.8. The van der Waals surface area contributed by atoms with Crippen molar-refractivity contribution in [3.8, 4) is 5.75 Å². The predicted molar refractivity (Wildman–Crippen MR) is 127 cm³/mol. The molecule has 0 aromatic heterocycles. The van der Waals surface area contributed by atoms with Crippen molar-refractivity contribution in [2.75, 3.05) is 19.8 Å². The van der Waals surface area contributed by atoms with Crippen LogP contribution in [0.15, 0.2) is 54.6 Å². The van der Waals surface area contributed by atoms with Gasteiger partial charge in [0.05, 0.1) is 12.6 Å². The van der Waals surface area contributed by atoms with Crippen molar-refractivity contribution in [3.63, 3.8) is 0 Å². The summed E-state index contributed by atoms with van der Waals surface area (Å²) in [5.74, 6) is -0.360. The Labute approximate surface area is 202 Å². The molecule has 1 atom stereocenters. The van der Waals surface area contributed by atoms with E-state index in [9.17, 15) is 14.4 Å². The summed E-state index contributed by atoms with van der Waals surface area (Å²) in [6.07, 6.45) is 2.13. The van der Waals surface area contributed by atoms with Crippen molar-refractivity contribution in [3.05, 3.63) is 76.9 Å². The van der Waals surface area contributed by atoms with Gasteiger partial charge in [-0.15, -0.1) is 0 Å². The Kier molecular flexibility index (Phi) is 6.48. The Morgan fingerprint density at radius 3 is 2.63 bits per heavy atom. The maximum absolute atomic E-state index is 13.8. The minimum absolute atomic E-state index is 0.00284. The maximum atomic E-state index is 13.8. The highest BCUT2D eigenvalue weighted by atomic mass is 16.5. The molecule has 0 unspecified atom stereocenters. The van der Waals surface area contributed by atoms with Gasteiger partial charge in [0, 0.05) is 35.8 Å². The van der Waals surface area contributed by atoms with Gasteiger partial charge in [-0.3, -0.25) is 19.6 Å². The summed E-state index contributed by atoms with van der Waals surface area (Å²) in [6.45, 7) is 1.46. The third kappa shape index (κ3) is 4.38. The van der Waals surface area contributed by atoms with E-state index in [4.69, 9.17) is 14.7 Å². The van der Waals surface area contributed by atoms with Crippen LogP contribution in [0.2, 0.25) is 0 Å². The summed E-state index contributed by atoms with van der Waals surface area (Å²) in [5.41, 5.74) is 3.88. The van der Waals surface area contributed by atoms with Gasteiger partial charge >= 0.3 is 0 Å². The molecule has 0 saturated carbocycles. The maximum Gasteiger partial charge on any atom is 0.274 e. The van der Waals surface area contributed by atoms with Crippen molar-refractivity contribution in [1.82, 2.24) is 10.4 Å². The number of nitrogens with zero attached hydrogens (tertiary/aromatic N) is 1. The van der Waals surface area contributed by atoms with Crippen LogP contribution >= 0.6 is 0 Å². The SMILES string of the molecule is O=Cc1c([C@H]2COc3cc(C(=O)NO)ccc3CN2C(=O)C2CCOCC2)ccc2ccccc12. The molecular weight excluding hydrogens is 448 g/mol. The highest BCUT2D eigenvalue weighted by Crippen LogP contribution is 2.37. The molecule has 3 aromatic rings. The predicted octanol–water partition coefficient (Wildman–Crippen LogP) is 3.66. The Morgan fingerprint density at radius 1 is 1.06 bits per heavy atom. The van der Waals surface area contributed by atoms with Crippen molar-refractivity contribution < 1.29 is 29.1 Å². The third-order valence-corrected chi connectivity index (χ3v) is 6.88. The normalized spacial score (nSPS) is 18.3. The number of hydrogen-bond donors (Lipinski definition) is 2. The van der Waals surface area contributed by atoms with E-state index in [1.165, 1.54) is 0 Å². The minimum Gasteiger partial charge on any atom is -0.491 e. The number of rotatable bonds is 4. The first kappa shape index (κ1) is 23.0. The van der Waals surface area contributed by atoms with Gasteiger partial charge in [0.2, 0.25) is 5.91 Å². The fraction of sp³-hybridized carbons (Fsp3) is 0.296. The summed E-state index contributed by atoms with van der Waals surface area (Å²) < 4.78 is 11.6. The fourth-order valence-corrected chi connectivity index (χ4v) is 4.98. The molecule has 8 nitrogen and oxygen atoms in total. The molecule has 2 N–H and O–H groups in total. The number of hydroxylamine groups is 1. The summed E-state index contributed by atoms with van der Waals surface area (Å²) in [6, 6.07) is 15.9. The number of nitrogens with one attached hydrogen (secondary N) is 1. The number of aldehydes is 1. The monoisotopic (exact) mass is 474 g/mol. The highest BCUT2D eigenvalue weighted by Gasteiger charge is 2.36. The van der Waals surface area contributed by atoms with Crippen LogP contribution in [0, 0.1) is 5.92 Å². The second-order valence-electron chi connectivity index (χ2n) is 8.85. The van der Waals surface area contributed by atoms with E-state index in [1.807, 2.05) is 36.4 Å². The lowest BCUT2D eigenvalue weighted by atomic mass is 9.92. The molecule has 2 amide bonds. The molecule has 2 aliphatic rings. The molecule has 3 aromatic carbocycles. The van der Waals surface area contributed by atoms with Crippen LogP contribution in [0.25, 0.3) is 10.8 Å². The zero-order valence-corrected chi connectivity index (χ0v) is 19.1. The lowest BCUT2D eigenvalue weighted by molar-refractivity contribution is -0.142. The van der Waals surface area contributed by atoms with Crippen LogP contribution in [0.5, 0.6) is 5.75 Å². The molecule has 1 saturated heterocycles. The molecule has 0 aliphatic carbocycles. The van der Waals surface area contributed by atoms with E-state index >= 15 is 0 Å². The van der Waals surface area contributed by atoms with Crippen LogP contribution < -0.4 is 10.2 Å². The Balaban J connectivity index is 1.59. The van der Waals surface area contributed by atoms with Gasteiger partial charge in [-0.25, -0.2) is 5.48 Å². The van der Waals surface area contributed by atoms with Crippen LogP contribution in [-0.4, -0.2) is 48.0 Å². The van der Waals surface area contributed by atoms with E-state index in [2.05, 4.69) is 0 Å². The smallest absolute Gasteiger partial charge is 0.274 e. The highest BCUT2D eigenvalue weighted by molar-refractivity contribution is 6.00. The summed E-state index contributed by atoms with van der Waals surface area (Å²) in [7, 11) is 0. The molecule has 2 aliphatic heterocycles. The van der Waals surface area contributed by atoms with Crippen LogP contribution in [0.4, 0.5) is 0 Å². The van der Waals surface area contributed by atoms with Gasteiger partial charge in [0.15, 0.2) is 6.29 Å². The molecule has 8 heteroatoms. The zero-order valence-electron chi connectivity index (χ0n) is 19.1. The average molecular weight is 475 g/mol. The molecule has 35 heavy (non-hydrogen) atoms. The van der Waals surface area contributed by atoms with Crippen LogP contribution in [0.3, 0.4) is 0 Å². The summed E-state index contributed by atoms with van der Waals surface area (Å²) in [5, 5.41) is 10.8. The summed E-state index contributed by atoms with van der Waals surface area (Å²) >= 11 is 0. The average Bonchev–Trinajstić information content (AvgIpc) is 3.11. The Morgan fingerprint density at radius 2 is 1.86 bits per heavy atom. The zero-order chi connectivity index (χ0) is 24.4. The van der Waals surface area contributed by atoms with Crippen molar-refractivity contribution >= 4 is 28.9 Å². The number of carbonyl (C=O) groups is 3. The van der Waals surface area contributed by atoms with Crippen LogP contribution in [-0.2, 0) is 16.1 Å². The van der Waals surface area contributed by atoms with Gasteiger partial charge in [-0.2, -0.15) is 0 Å². The van der Waals surface area contributed by atoms with Crippen LogP contribution in [0.1, 0.15) is 50.7 Å². The second kappa shape index (κ2) is 9.85. The molecule has 2 heterocycles. The molecule has 0 bridgehead atoms. The lowest BCUT2D eigenvalue weighted by Gasteiger charge is -2.34. The van der Waals surface area contributed by atoms with E-state index in [-0.39, 0.29) is 30.5 Å². The fourth-order valence-electron chi connectivity index (χ4n) is 4.98. The molecule has 5 rings (SSSR count). The number of amides is 2. The molecule has 1 fully saturated rings. The first-order chi connectivity index (χ1) is 17.1. The van der Waals surface area contributed by atoms with Gasteiger partial charge in [-0.05, 0) is 41.3 Å². The minimum atomic E-state index is -0.648. The first-order valence-corrected chi connectivity index (χ1v) is 11.7. The molecule has 0 radical (unpaired) electrons. The Bertz CT molecular complexity index is 1280. The van der Waals surface area contributed by atoms with E-state index in [1.54, 1.807) is 28.6 Å². The van der Waals surface area contributed by atoms with Gasteiger partial charge < -0.3 is 14.4 Å². The van der Waals surface area contributed by atoms with E-state index in [0.29, 0.717) is 37.4 Å². The molecule has 180 valence electrons. The Hall–Kier alpha value is -3.75.